The highest BCUT2D eigenvalue weighted by Crippen LogP contribution is 2.29. The van der Waals surface area contributed by atoms with Crippen LogP contribution in [0.1, 0.15) is 30.4 Å². The van der Waals surface area contributed by atoms with E-state index in [2.05, 4.69) is 70.5 Å². The zero-order chi connectivity index (χ0) is 17.8. The highest BCUT2D eigenvalue weighted by Gasteiger charge is 2.41. The molecule has 1 fully saturated rings. The van der Waals surface area contributed by atoms with Gasteiger partial charge >= 0.3 is 0 Å². The second-order valence-electron chi connectivity index (χ2n) is 7.30. The summed E-state index contributed by atoms with van der Waals surface area (Å²) >= 11 is 0. The number of benzene rings is 2. The van der Waals surface area contributed by atoms with E-state index in [1.807, 2.05) is 12.1 Å². The van der Waals surface area contributed by atoms with Crippen LogP contribution in [0.15, 0.2) is 72.8 Å². The average Bonchev–Trinajstić information content (AvgIpc) is 2.84. The smallest absolute Gasteiger partial charge is 0.240 e. The van der Waals surface area contributed by atoms with Crippen molar-refractivity contribution < 1.29 is 4.79 Å². The Morgan fingerprint density at radius 2 is 1.54 bits per heavy atom. The van der Waals surface area contributed by atoms with Gasteiger partial charge in [-0.25, -0.2) is 0 Å². The van der Waals surface area contributed by atoms with Gasteiger partial charge in [-0.3, -0.25) is 9.69 Å². The minimum Gasteiger partial charge on any atom is -0.335 e. The number of hydrogen-bond donors (Lipinski definition) is 0. The fourth-order valence-corrected chi connectivity index (χ4v) is 4.12. The Hall–Kier alpha value is -2.39. The molecule has 0 saturated carbocycles. The fourth-order valence-electron chi connectivity index (χ4n) is 4.12. The van der Waals surface area contributed by atoms with Crippen LogP contribution in [0.25, 0.3) is 0 Å². The highest BCUT2D eigenvalue weighted by atomic mass is 16.2. The van der Waals surface area contributed by atoms with E-state index >= 15 is 0 Å². The number of carbonyl (C=O) groups is 1. The SMILES string of the molecule is O=C1[C@@H](N(Cc2ccccc2)Cc2ccccc2)C[C@@H]2C=CCCCN12. The van der Waals surface area contributed by atoms with Crippen molar-refractivity contribution in [3.63, 3.8) is 0 Å². The molecule has 2 aromatic carbocycles. The second kappa shape index (κ2) is 7.88. The van der Waals surface area contributed by atoms with Crippen LogP contribution in [0, 0.1) is 0 Å². The first-order chi connectivity index (χ1) is 12.8. The summed E-state index contributed by atoms with van der Waals surface area (Å²) in [6, 6.07) is 21.2. The molecule has 0 radical (unpaired) electrons. The fraction of sp³-hybridized carbons (Fsp3) is 0.348. The van der Waals surface area contributed by atoms with Gasteiger partial charge in [-0.15, -0.1) is 0 Å². The largest absolute Gasteiger partial charge is 0.335 e. The van der Waals surface area contributed by atoms with E-state index < -0.39 is 0 Å². The Morgan fingerprint density at radius 1 is 0.923 bits per heavy atom. The van der Waals surface area contributed by atoms with E-state index in [4.69, 9.17) is 0 Å². The molecule has 0 aromatic heterocycles. The van der Waals surface area contributed by atoms with Crippen molar-refractivity contribution >= 4 is 5.91 Å². The van der Waals surface area contributed by atoms with Crippen molar-refractivity contribution in [2.45, 2.75) is 44.4 Å². The van der Waals surface area contributed by atoms with Gasteiger partial charge in [0.2, 0.25) is 5.91 Å². The lowest BCUT2D eigenvalue weighted by Crippen LogP contribution is -2.41. The molecule has 0 N–H and O–H groups in total. The molecule has 0 unspecified atom stereocenters. The maximum Gasteiger partial charge on any atom is 0.240 e. The van der Waals surface area contributed by atoms with Crippen LogP contribution in [-0.2, 0) is 17.9 Å². The first-order valence-corrected chi connectivity index (χ1v) is 9.60. The number of hydrogen-bond acceptors (Lipinski definition) is 2. The predicted octanol–water partition coefficient (Wildman–Crippen LogP) is 4.01. The van der Waals surface area contributed by atoms with Gasteiger partial charge in [0.15, 0.2) is 0 Å². The van der Waals surface area contributed by atoms with Gasteiger partial charge in [-0.05, 0) is 30.4 Å². The lowest BCUT2D eigenvalue weighted by molar-refractivity contribution is -0.133. The van der Waals surface area contributed by atoms with Crippen LogP contribution in [0.2, 0.25) is 0 Å². The zero-order valence-electron chi connectivity index (χ0n) is 15.1. The van der Waals surface area contributed by atoms with Crippen molar-refractivity contribution in [3.05, 3.63) is 83.9 Å². The predicted molar refractivity (Wildman–Crippen MR) is 104 cm³/mol. The molecular weight excluding hydrogens is 320 g/mol. The van der Waals surface area contributed by atoms with Crippen LogP contribution in [0.5, 0.6) is 0 Å². The minimum atomic E-state index is -0.0387. The number of rotatable bonds is 5. The van der Waals surface area contributed by atoms with Crippen LogP contribution >= 0.6 is 0 Å². The molecule has 0 aliphatic carbocycles. The summed E-state index contributed by atoms with van der Waals surface area (Å²) in [4.78, 5) is 17.6. The lowest BCUT2D eigenvalue weighted by atomic mass is 10.1. The van der Waals surface area contributed by atoms with Gasteiger partial charge in [0.25, 0.3) is 0 Å². The standard InChI is InChI=1S/C23H26N2O/c26-23-22(16-21-14-8-3-9-15-25(21)23)24(17-19-10-4-1-5-11-19)18-20-12-6-2-7-13-20/h1-2,4-8,10-14,21-22H,3,9,15-18H2/t21-,22-/m0/s1. The Balaban J connectivity index is 1.58. The molecule has 26 heavy (non-hydrogen) atoms. The van der Waals surface area contributed by atoms with E-state index in [1.54, 1.807) is 0 Å². The molecule has 0 bridgehead atoms. The van der Waals surface area contributed by atoms with E-state index in [-0.39, 0.29) is 12.1 Å². The molecule has 3 nitrogen and oxygen atoms in total. The lowest BCUT2D eigenvalue weighted by Gasteiger charge is -2.28. The van der Waals surface area contributed by atoms with Crippen molar-refractivity contribution in [3.8, 4) is 0 Å². The molecule has 2 aliphatic heterocycles. The zero-order valence-corrected chi connectivity index (χ0v) is 15.1. The van der Waals surface area contributed by atoms with Crippen LogP contribution in [0.3, 0.4) is 0 Å². The summed E-state index contributed by atoms with van der Waals surface area (Å²) in [5.74, 6) is 0.299. The Morgan fingerprint density at radius 3 is 2.15 bits per heavy atom. The van der Waals surface area contributed by atoms with Crippen LogP contribution < -0.4 is 0 Å². The molecule has 2 aliphatic rings. The van der Waals surface area contributed by atoms with E-state index in [0.29, 0.717) is 5.91 Å². The Labute approximate surface area is 155 Å². The monoisotopic (exact) mass is 346 g/mol. The molecule has 3 heteroatoms. The first-order valence-electron chi connectivity index (χ1n) is 9.60. The van der Waals surface area contributed by atoms with Crippen molar-refractivity contribution in [2.75, 3.05) is 6.54 Å². The summed E-state index contributed by atoms with van der Waals surface area (Å²) in [5.41, 5.74) is 2.52. The van der Waals surface area contributed by atoms with E-state index in [1.165, 1.54) is 11.1 Å². The normalized spacial score (nSPS) is 22.5. The molecule has 134 valence electrons. The number of allylic oxidation sites excluding steroid dienone is 1. The topological polar surface area (TPSA) is 23.6 Å². The maximum atomic E-state index is 13.2. The van der Waals surface area contributed by atoms with Crippen LogP contribution in [0.4, 0.5) is 0 Å². The third-order valence-corrected chi connectivity index (χ3v) is 5.46. The molecule has 2 heterocycles. The summed E-state index contributed by atoms with van der Waals surface area (Å²) < 4.78 is 0. The third kappa shape index (κ3) is 3.73. The van der Waals surface area contributed by atoms with Crippen molar-refractivity contribution in [2.24, 2.45) is 0 Å². The molecule has 2 atom stereocenters. The van der Waals surface area contributed by atoms with Gasteiger partial charge < -0.3 is 4.90 Å². The molecule has 2 aromatic rings. The van der Waals surface area contributed by atoms with Gasteiger partial charge in [-0.2, -0.15) is 0 Å². The summed E-state index contributed by atoms with van der Waals surface area (Å²) in [6.45, 7) is 2.49. The second-order valence-corrected chi connectivity index (χ2v) is 7.30. The molecule has 0 spiro atoms. The molecule has 1 amide bonds. The van der Waals surface area contributed by atoms with E-state index in [9.17, 15) is 4.79 Å². The number of nitrogens with zero attached hydrogens (tertiary/aromatic N) is 2. The van der Waals surface area contributed by atoms with Crippen LogP contribution in [-0.4, -0.2) is 34.3 Å². The average molecular weight is 346 g/mol. The maximum absolute atomic E-state index is 13.2. The van der Waals surface area contributed by atoms with Gasteiger partial charge in [-0.1, -0.05) is 72.8 Å². The number of carbonyl (C=O) groups excluding carboxylic acids is 1. The minimum absolute atomic E-state index is 0.0387. The molecular formula is C23H26N2O. The molecule has 4 rings (SSSR count). The quantitative estimate of drug-likeness (QED) is 0.764. The van der Waals surface area contributed by atoms with Crippen molar-refractivity contribution in [1.82, 2.24) is 9.80 Å². The number of fused-ring (bicyclic) bond motifs is 1. The first kappa shape index (κ1) is 17.0. The van der Waals surface area contributed by atoms with E-state index in [0.717, 1.165) is 38.9 Å². The summed E-state index contributed by atoms with van der Waals surface area (Å²) in [6.07, 6.45) is 7.55. The van der Waals surface area contributed by atoms with Crippen molar-refractivity contribution in [1.29, 1.82) is 0 Å². The summed E-state index contributed by atoms with van der Waals surface area (Å²) in [7, 11) is 0. The van der Waals surface area contributed by atoms with Gasteiger partial charge in [0.05, 0.1) is 12.1 Å². The van der Waals surface area contributed by atoms with Gasteiger partial charge in [0, 0.05) is 19.6 Å². The highest BCUT2D eigenvalue weighted by molar-refractivity contribution is 5.85. The summed E-state index contributed by atoms with van der Waals surface area (Å²) in [5, 5.41) is 0. The number of amides is 1. The Kier molecular flexibility index (Phi) is 5.16. The van der Waals surface area contributed by atoms with Gasteiger partial charge in [0.1, 0.15) is 0 Å². The Bertz CT molecular complexity index is 715. The molecule has 1 saturated heterocycles. The third-order valence-electron chi connectivity index (χ3n) is 5.46.